The Labute approximate surface area is 113 Å². The largest absolute Gasteiger partial charge is 0.342 e. The Hall–Kier alpha value is -1.82. The van der Waals surface area contributed by atoms with Gasteiger partial charge in [-0.15, -0.1) is 0 Å². The zero-order valence-corrected chi connectivity index (χ0v) is 11.5. The third-order valence-electron chi connectivity index (χ3n) is 4.49. The second-order valence-electron chi connectivity index (χ2n) is 6.22. The zero-order chi connectivity index (χ0) is 13.5. The fraction of sp³-hybridized carbons (Fsp3) is 0.500. The average molecular weight is 253 g/mol. The van der Waals surface area contributed by atoms with Gasteiger partial charge in [-0.25, -0.2) is 4.98 Å². The first-order chi connectivity index (χ1) is 9.12. The number of H-pyrrole nitrogens is 1. The van der Waals surface area contributed by atoms with Gasteiger partial charge in [0.2, 0.25) is 0 Å². The van der Waals surface area contributed by atoms with Crippen molar-refractivity contribution in [3.63, 3.8) is 0 Å². The van der Waals surface area contributed by atoms with Crippen LogP contribution in [0, 0.1) is 16.7 Å². The fourth-order valence-electron chi connectivity index (χ4n) is 3.31. The number of aromatic amines is 1. The van der Waals surface area contributed by atoms with E-state index in [1.165, 1.54) is 25.7 Å². The first kappa shape index (κ1) is 12.2. The molecule has 98 valence electrons. The maximum absolute atomic E-state index is 9.15. The molecule has 19 heavy (non-hydrogen) atoms. The number of para-hydroxylation sites is 1. The van der Waals surface area contributed by atoms with Gasteiger partial charge in [0.1, 0.15) is 17.4 Å². The van der Waals surface area contributed by atoms with Crippen molar-refractivity contribution in [2.24, 2.45) is 5.41 Å². The first-order valence-electron chi connectivity index (χ1n) is 7.00. The van der Waals surface area contributed by atoms with E-state index in [4.69, 9.17) is 10.2 Å². The molecule has 3 heteroatoms. The molecule has 1 saturated carbocycles. The summed E-state index contributed by atoms with van der Waals surface area (Å²) >= 11 is 0. The Balaban J connectivity index is 2.09. The lowest BCUT2D eigenvalue weighted by atomic mass is 9.68. The SMILES string of the molecule is CC1(C)CCCCC1c1nc2c(C#N)cccc2[nH]1. The first-order valence-corrected chi connectivity index (χ1v) is 7.00. The molecule has 1 fully saturated rings. The Morgan fingerprint density at radius 1 is 1.37 bits per heavy atom. The number of fused-ring (bicyclic) bond motifs is 1. The van der Waals surface area contributed by atoms with Crippen molar-refractivity contribution in [2.75, 3.05) is 0 Å². The molecular formula is C16H19N3. The third-order valence-corrected chi connectivity index (χ3v) is 4.49. The van der Waals surface area contributed by atoms with Gasteiger partial charge in [0.05, 0.1) is 11.1 Å². The van der Waals surface area contributed by atoms with E-state index < -0.39 is 0 Å². The van der Waals surface area contributed by atoms with Crippen molar-refractivity contribution in [3.05, 3.63) is 29.6 Å². The van der Waals surface area contributed by atoms with Crippen LogP contribution < -0.4 is 0 Å². The van der Waals surface area contributed by atoms with Crippen LogP contribution in [0.25, 0.3) is 11.0 Å². The van der Waals surface area contributed by atoms with E-state index in [0.29, 0.717) is 16.9 Å². The molecule has 1 N–H and O–H groups in total. The molecule has 1 atom stereocenters. The lowest BCUT2D eigenvalue weighted by Crippen LogP contribution is -2.26. The molecule has 2 aromatic rings. The summed E-state index contributed by atoms with van der Waals surface area (Å²) in [7, 11) is 0. The van der Waals surface area contributed by atoms with E-state index in [-0.39, 0.29) is 0 Å². The summed E-state index contributed by atoms with van der Waals surface area (Å²) in [5.41, 5.74) is 2.75. The van der Waals surface area contributed by atoms with Gasteiger partial charge in [0.25, 0.3) is 0 Å². The topological polar surface area (TPSA) is 52.5 Å². The second kappa shape index (κ2) is 4.38. The number of hydrogen-bond donors (Lipinski definition) is 1. The van der Waals surface area contributed by atoms with Crippen molar-refractivity contribution >= 4 is 11.0 Å². The van der Waals surface area contributed by atoms with Crippen LogP contribution in [-0.2, 0) is 0 Å². The Morgan fingerprint density at radius 3 is 2.95 bits per heavy atom. The molecule has 3 nitrogen and oxygen atoms in total. The lowest BCUT2D eigenvalue weighted by molar-refractivity contribution is 0.193. The highest BCUT2D eigenvalue weighted by Crippen LogP contribution is 2.46. The third kappa shape index (κ3) is 2.02. The average Bonchev–Trinajstić information content (AvgIpc) is 2.81. The Kier molecular flexibility index (Phi) is 2.82. The molecular weight excluding hydrogens is 234 g/mol. The van der Waals surface area contributed by atoms with Gasteiger partial charge in [-0.05, 0) is 30.4 Å². The molecule has 1 aromatic heterocycles. The number of hydrogen-bond acceptors (Lipinski definition) is 2. The molecule has 0 amide bonds. The number of nitriles is 1. The summed E-state index contributed by atoms with van der Waals surface area (Å²) in [4.78, 5) is 8.16. The van der Waals surface area contributed by atoms with Crippen molar-refractivity contribution in [3.8, 4) is 6.07 Å². The summed E-state index contributed by atoms with van der Waals surface area (Å²) in [6, 6.07) is 7.97. The van der Waals surface area contributed by atoms with Gasteiger partial charge in [0.15, 0.2) is 0 Å². The van der Waals surface area contributed by atoms with Gasteiger partial charge >= 0.3 is 0 Å². The highest BCUT2D eigenvalue weighted by atomic mass is 14.9. The predicted octanol–water partition coefficient (Wildman–Crippen LogP) is 4.12. The number of rotatable bonds is 1. The number of benzene rings is 1. The summed E-state index contributed by atoms with van der Waals surface area (Å²) in [5, 5.41) is 9.15. The smallest absolute Gasteiger partial charge is 0.110 e. The molecule has 0 saturated heterocycles. The van der Waals surface area contributed by atoms with Gasteiger partial charge in [-0.2, -0.15) is 5.26 Å². The van der Waals surface area contributed by atoms with Crippen LogP contribution in [0.4, 0.5) is 0 Å². The molecule has 1 unspecified atom stereocenters. The number of nitrogens with zero attached hydrogens (tertiary/aromatic N) is 2. The normalized spacial score (nSPS) is 22.3. The van der Waals surface area contributed by atoms with Crippen molar-refractivity contribution in [2.45, 2.75) is 45.4 Å². The predicted molar refractivity (Wildman–Crippen MR) is 75.8 cm³/mol. The summed E-state index contributed by atoms with van der Waals surface area (Å²) in [6.45, 7) is 4.66. The highest BCUT2D eigenvalue weighted by Gasteiger charge is 2.35. The fourth-order valence-corrected chi connectivity index (χ4v) is 3.31. The molecule has 0 bridgehead atoms. The molecule has 1 aliphatic carbocycles. The molecule has 0 spiro atoms. The lowest BCUT2D eigenvalue weighted by Gasteiger charge is -2.37. The molecule has 0 radical (unpaired) electrons. The molecule has 1 aliphatic rings. The van der Waals surface area contributed by atoms with E-state index in [9.17, 15) is 0 Å². The van der Waals surface area contributed by atoms with Gasteiger partial charge in [-0.3, -0.25) is 0 Å². The van der Waals surface area contributed by atoms with Crippen LogP contribution >= 0.6 is 0 Å². The minimum atomic E-state index is 0.291. The van der Waals surface area contributed by atoms with Crippen molar-refractivity contribution in [1.29, 1.82) is 5.26 Å². The van der Waals surface area contributed by atoms with Crippen molar-refractivity contribution < 1.29 is 0 Å². The van der Waals surface area contributed by atoms with E-state index in [1.54, 1.807) is 0 Å². The van der Waals surface area contributed by atoms with Crippen LogP contribution in [0.2, 0.25) is 0 Å². The minimum Gasteiger partial charge on any atom is -0.342 e. The van der Waals surface area contributed by atoms with E-state index >= 15 is 0 Å². The number of nitrogens with one attached hydrogen (secondary N) is 1. The minimum absolute atomic E-state index is 0.291. The standard InChI is InChI=1S/C16H19N3/c1-16(2)9-4-3-7-12(16)15-18-13-8-5-6-11(10-17)14(13)19-15/h5-6,8,12H,3-4,7,9H2,1-2H3,(H,18,19). The van der Waals surface area contributed by atoms with Crippen LogP contribution in [0.5, 0.6) is 0 Å². The monoisotopic (exact) mass is 253 g/mol. The van der Waals surface area contributed by atoms with Gasteiger partial charge in [-0.1, -0.05) is 32.8 Å². The Bertz CT molecular complexity index is 646. The molecule has 3 rings (SSSR count). The van der Waals surface area contributed by atoms with E-state index in [0.717, 1.165) is 16.9 Å². The number of imidazole rings is 1. The second-order valence-corrected chi connectivity index (χ2v) is 6.22. The summed E-state index contributed by atoms with van der Waals surface area (Å²) < 4.78 is 0. The van der Waals surface area contributed by atoms with Crippen LogP contribution in [0.3, 0.4) is 0 Å². The van der Waals surface area contributed by atoms with Crippen LogP contribution in [-0.4, -0.2) is 9.97 Å². The van der Waals surface area contributed by atoms with Crippen LogP contribution in [0.1, 0.15) is 56.8 Å². The zero-order valence-electron chi connectivity index (χ0n) is 11.5. The molecule has 1 aromatic carbocycles. The summed E-state index contributed by atoms with van der Waals surface area (Å²) in [5.74, 6) is 1.53. The maximum Gasteiger partial charge on any atom is 0.110 e. The van der Waals surface area contributed by atoms with E-state index in [1.807, 2.05) is 18.2 Å². The maximum atomic E-state index is 9.15. The Morgan fingerprint density at radius 2 is 2.21 bits per heavy atom. The van der Waals surface area contributed by atoms with Gasteiger partial charge < -0.3 is 4.98 Å². The molecule has 1 heterocycles. The van der Waals surface area contributed by atoms with Crippen molar-refractivity contribution in [1.82, 2.24) is 9.97 Å². The molecule has 0 aliphatic heterocycles. The number of aromatic nitrogens is 2. The summed E-state index contributed by atoms with van der Waals surface area (Å²) in [6.07, 6.45) is 5.03. The van der Waals surface area contributed by atoms with Crippen LogP contribution in [0.15, 0.2) is 18.2 Å². The van der Waals surface area contributed by atoms with Gasteiger partial charge in [0, 0.05) is 5.92 Å². The highest BCUT2D eigenvalue weighted by molar-refractivity contribution is 5.81. The quantitative estimate of drug-likeness (QED) is 0.831. The van der Waals surface area contributed by atoms with E-state index in [2.05, 4.69) is 24.9 Å².